The van der Waals surface area contributed by atoms with Gasteiger partial charge >= 0.3 is 11.9 Å². The van der Waals surface area contributed by atoms with Gasteiger partial charge in [-0.2, -0.15) is 24.4 Å². The van der Waals surface area contributed by atoms with E-state index in [2.05, 4.69) is 23.3 Å². The van der Waals surface area contributed by atoms with Crippen molar-refractivity contribution in [1.82, 2.24) is 15.5 Å². The summed E-state index contributed by atoms with van der Waals surface area (Å²) >= 11 is 5.40. The Morgan fingerprint density at radius 2 is 1.84 bits per heavy atom. The normalized spacial score (nSPS) is 18.7. The first-order valence-electron chi connectivity index (χ1n) is 9.83. The van der Waals surface area contributed by atoms with Crippen LogP contribution in [-0.2, 0) is 24.0 Å². The topological polar surface area (TPSA) is 179 Å². The van der Waals surface area contributed by atoms with E-state index in [1.165, 1.54) is 16.7 Å². The maximum atomic E-state index is 13.1. The molecule has 0 aromatic heterocycles. The van der Waals surface area contributed by atoms with Crippen LogP contribution in [-0.4, -0.2) is 93.2 Å². The maximum absolute atomic E-state index is 13.1. The minimum Gasteiger partial charge on any atom is -0.481 e. The smallest absolute Gasteiger partial charge is 0.327 e. The molecule has 6 N–H and O–H groups in total. The largest absolute Gasteiger partial charge is 0.481 e. The van der Waals surface area contributed by atoms with Crippen molar-refractivity contribution < 1.29 is 34.2 Å². The molecule has 13 heteroatoms. The molecule has 1 fully saturated rings. The number of aliphatic carboxylic acids is 2. The Morgan fingerprint density at radius 1 is 1.16 bits per heavy atom. The van der Waals surface area contributed by atoms with E-state index in [1.807, 2.05) is 6.26 Å². The number of nitrogens with two attached hydrogens (primary N) is 1. The first kappa shape index (κ1) is 27.0. The quantitative estimate of drug-likeness (QED) is 0.179. The molecule has 11 nitrogen and oxygen atoms in total. The summed E-state index contributed by atoms with van der Waals surface area (Å²) in [5, 5.41) is 22.8. The van der Waals surface area contributed by atoms with Gasteiger partial charge in [-0.1, -0.05) is 0 Å². The highest BCUT2D eigenvalue weighted by Gasteiger charge is 2.38. The Morgan fingerprint density at radius 3 is 2.39 bits per heavy atom. The van der Waals surface area contributed by atoms with Crippen LogP contribution in [0.3, 0.4) is 0 Å². The van der Waals surface area contributed by atoms with Crippen molar-refractivity contribution in [1.29, 1.82) is 0 Å². The number of rotatable bonds is 13. The summed E-state index contributed by atoms with van der Waals surface area (Å²) in [4.78, 5) is 61.3. The number of hydrogen-bond donors (Lipinski definition) is 6. The monoisotopic (exact) mass is 478 g/mol. The molecule has 0 aromatic rings. The highest BCUT2D eigenvalue weighted by atomic mass is 32.2. The molecule has 4 unspecified atom stereocenters. The molecular formula is C18H30N4O7S2. The Hall–Kier alpha value is -1.99. The van der Waals surface area contributed by atoms with E-state index in [4.69, 9.17) is 15.9 Å². The van der Waals surface area contributed by atoms with Gasteiger partial charge in [-0.25, -0.2) is 4.79 Å². The van der Waals surface area contributed by atoms with Gasteiger partial charge in [0.1, 0.15) is 18.1 Å². The highest BCUT2D eigenvalue weighted by Crippen LogP contribution is 2.20. The van der Waals surface area contributed by atoms with Crippen molar-refractivity contribution in [2.45, 2.75) is 56.3 Å². The van der Waals surface area contributed by atoms with Gasteiger partial charge in [0, 0.05) is 18.7 Å². The van der Waals surface area contributed by atoms with Gasteiger partial charge in [-0.3, -0.25) is 19.2 Å². The number of thiol groups is 1. The molecule has 0 bridgehead atoms. The number of nitrogens with one attached hydrogen (secondary N) is 2. The van der Waals surface area contributed by atoms with Crippen LogP contribution in [0.4, 0.5) is 0 Å². The fourth-order valence-corrected chi connectivity index (χ4v) is 3.86. The van der Waals surface area contributed by atoms with Gasteiger partial charge in [0.2, 0.25) is 17.7 Å². The minimum atomic E-state index is -1.22. The summed E-state index contributed by atoms with van der Waals surface area (Å²) in [6, 6.07) is -4.02. The third-order valence-corrected chi connectivity index (χ3v) is 5.88. The molecule has 1 aliphatic rings. The molecule has 1 saturated heterocycles. The summed E-state index contributed by atoms with van der Waals surface area (Å²) in [6.45, 7) is 0.298. The summed E-state index contributed by atoms with van der Waals surface area (Å²) in [5.74, 6) is -3.51. The second-order valence-electron chi connectivity index (χ2n) is 7.15. The predicted molar refractivity (Wildman–Crippen MR) is 118 cm³/mol. The van der Waals surface area contributed by atoms with Crippen molar-refractivity contribution >= 4 is 54.1 Å². The molecule has 0 aliphatic carbocycles. The molecule has 0 saturated carbocycles. The fraction of sp³-hybridized carbons (Fsp3) is 0.722. The van der Waals surface area contributed by atoms with E-state index in [-0.39, 0.29) is 18.6 Å². The van der Waals surface area contributed by atoms with Crippen molar-refractivity contribution in [2.24, 2.45) is 5.73 Å². The van der Waals surface area contributed by atoms with E-state index in [0.29, 0.717) is 31.6 Å². The third kappa shape index (κ3) is 8.57. The lowest BCUT2D eigenvalue weighted by atomic mass is 10.1. The number of nitrogens with zero attached hydrogens (tertiary/aromatic N) is 1. The Balaban J connectivity index is 2.87. The van der Waals surface area contributed by atoms with Crippen LogP contribution in [0.25, 0.3) is 0 Å². The van der Waals surface area contributed by atoms with Crippen LogP contribution >= 0.6 is 24.4 Å². The zero-order chi connectivity index (χ0) is 23.6. The number of thioether (sulfide) groups is 1. The van der Waals surface area contributed by atoms with Crippen LogP contribution in [0.2, 0.25) is 0 Å². The second-order valence-corrected chi connectivity index (χ2v) is 8.50. The lowest BCUT2D eigenvalue weighted by molar-refractivity contribution is -0.144. The van der Waals surface area contributed by atoms with Crippen molar-refractivity contribution in [3.8, 4) is 0 Å². The summed E-state index contributed by atoms with van der Waals surface area (Å²) in [6.07, 6.45) is 2.73. The summed E-state index contributed by atoms with van der Waals surface area (Å²) < 4.78 is 0. The van der Waals surface area contributed by atoms with Crippen LogP contribution in [0.5, 0.6) is 0 Å². The van der Waals surface area contributed by atoms with E-state index in [0.717, 1.165) is 0 Å². The van der Waals surface area contributed by atoms with Crippen LogP contribution in [0.1, 0.15) is 32.1 Å². The number of hydrogen-bond acceptors (Lipinski definition) is 8. The Bertz CT molecular complexity index is 679. The lowest BCUT2D eigenvalue weighted by Crippen LogP contribution is -2.57. The minimum absolute atomic E-state index is 0.0698. The predicted octanol–water partition coefficient (Wildman–Crippen LogP) is -1.09. The van der Waals surface area contributed by atoms with Gasteiger partial charge in [0.15, 0.2) is 0 Å². The van der Waals surface area contributed by atoms with Crippen molar-refractivity contribution in [3.05, 3.63) is 0 Å². The number of amides is 3. The molecule has 0 radical (unpaired) electrons. The van der Waals surface area contributed by atoms with Gasteiger partial charge in [-0.15, -0.1) is 0 Å². The highest BCUT2D eigenvalue weighted by molar-refractivity contribution is 7.98. The van der Waals surface area contributed by atoms with Crippen molar-refractivity contribution in [2.75, 3.05) is 24.3 Å². The molecule has 3 amide bonds. The number of carbonyl (C=O) groups is 5. The van der Waals surface area contributed by atoms with Gasteiger partial charge < -0.3 is 31.5 Å². The number of likely N-dealkylation sites (tertiary alicyclic amines) is 1. The van der Waals surface area contributed by atoms with Crippen LogP contribution < -0.4 is 16.4 Å². The lowest BCUT2D eigenvalue weighted by Gasteiger charge is -2.29. The first-order chi connectivity index (χ1) is 14.6. The van der Waals surface area contributed by atoms with Crippen LogP contribution in [0.15, 0.2) is 0 Å². The Labute approximate surface area is 190 Å². The molecule has 176 valence electrons. The second kappa shape index (κ2) is 13.4. The summed E-state index contributed by atoms with van der Waals surface area (Å²) in [7, 11) is 0. The average molecular weight is 479 g/mol. The molecule has 1 heterocycles. The number of carboxylic acids is 2. The third-order valence-electron chi connectivity index (χ3n) is 4.87. The zero-order valence-electron chi connectivity index (χ0n) is 17.3. The molecule has 1 rings (SSSR count). The molecule has 0 aromatic carbocycles. The first-order valence-corrected chi connectivity index (χ1v) is 11.9. The van der Waals surface area contributed by atoms with Gasteiger partial charge in [-0.05, 0) is 37.7 Å². The number of carbonyl (C=O) groups excluding carboxylic acids is 3. The summed E-state index contributed by atoms with van der Waals surface area (Å²) in [5.41, 5.74) is 5.74. The van der Waals surface area contributed by atoms with E-state index in [9.17, 15) is 24.0 Å². The van der Waals surface area contributed by atoms with E-state index >= 15 is 0 Å². The van der Waals surface area contributed by atoms with Gasteiger partial charge in [0.05, 0.1) is 6.04 Å². The average Bonchev–Trinajstić information content (AvgIpc) is 3.21. The Kier molecular flexibility index (Phi) is 11.7. The van der Waals surface area contributed by atoms with Crippen LogP contribution in [0, 0.1) is 0 Å². The maximum Gasteiger partial charge on any atom is 0.327 e. The molecule has 31 heavy (non-hydrogen) atoms. The molecule has 1 aliphatic heterocycles. The standard InChI is InChI=1S/C18H30N4O7S2/c1-31-8-6-11(20-15(25)10(19)4-5-14(23)24)17(27)22-7-2-3-13(22)16(26)21-12(9-30)18(28)29/h10-13,30H,2-9,19H2,1H3,(H,20,25)(H,21,26)(H,23,24)(H,28,29). The SMILES string of the molecule is CSCCC(NC(=O)C(N)CCC(=O)O)C(=O)N1CCCC1C(=O)NC(CS)C(=O)O. The molecular weight excluding hydrogens is 448 g/mol. The fourth-order valence-electron chi connectivity index (χ4n) is 3.14. The zero-order valence-corrected chi connectivity index (χ0v) is 19.0. The van der Waals surface area contributed by atoms with E-state index < -0.39 is 53.8 Å². The number of carboxylic acid groups (broad SMARTS) is 2. The van der Waals surface area contributed by atoms with Gasteiger partial charge in [0.25, 0.3) is 0 Å². The molecule has 4 atom stereocenters. The van der Waals surface area contributed by atoms with Crippen molar-refractivity contribution in [3.63, 3.8) is 0 Å². The van der Waals surface area contributed by atoms with E-state index in [1.54, 1.807) is 0 Å². The molecule has 0 spiro atoms.